The number of amides is 1. The molecular formula is C14H18N4O. The second-order valence-corrected chi connectivity index (χ2v) is 4.49. The molecule has 2 aromatic heterocycles. The van der Waals surface area contributed by atoms with Crippen LogP contribution in [0, 0.1) is 20.8 Å². The van der Waals surface area contributed by atoms with Gasteiger partial charge in [0.15, 0.2) is 0 Å². The predicted octanol–water partition coefficient (Wildman–Crippen LogP) is 1.63. The Morgan fingerprint density at radius 1 is 1.32 bits per heavy atom. The summed E-state index contributed by atoms with van der Waals surface area (Å²) in [6.45, 7) is 7.29. The molecule has 0 atom stereocenters. The maximum atomic E-state index is 11.8. The standard InChI is InChI=1S/C14H18N4O/c1-10-11(2)17-18(12(10)3)9-8-16-14(19)13-6-4-5-7-15-13/h4-7H,8-9H2,1-3H3,(H,16,19). The Kier molecular flexibility index (Phi) is 3.94. The van der Waals surface area contributed by atoms with Gasteiger partial charge in [-0.1, -0.05) is 6.07 Å². The molecule has 1 N–H and O–H groups in total. The van der Waals surface area contributed by atoms with E-state index in [4.69, 9.17) is 0 Å². The molecule has 2 aromatic rings. The molecular weight excluding hydrogens is 240 g/mol. The van der Waals surface area contributed by atoms with Crippen LogP contribution in [0.3, 0.4) is 0 Å². The fourth-order valence-corrected chi connectivity index (χ4v) is 1.87. The molecule has 100 valence electrons. The number of hydrogen-bond acceptors (Lipinski definition) is 3. The molecule has 1 amide bonds. The Hall–Kier alpha value is -2.17. The highest BCUT2D eigenvalue weighted by Crippen LogP contribution is 2.10. The zero-order chi connectivity index (χ0) is 13.8. The number of nitrogens with zero attached hydrogens (tertiary/aromatic N) is 3. The molecule has 5 heteroatoms. The highest BCUT2D eigenvalue weighted by Gasteiger charge is 2.08. The first-order chi connectivity index (χ1) is 9.09. The van der Waals surface area contributed by atoms with Crippen molar-refractivity contribution in [3.05, 3.63) is 47.0 Å². The quantitative estimate of drug-likeness (QED) is 0.906. The van der Waals surface area contributed by atoms with Crippen molar-refractivity contribution in [2.24, 2.45) is 0 Å². The molecule has 19 heavy (non-hydrogen) atoms. The van der Waals surface area contributed by atoms with E-state index in [0.29, 0.717) is 18.8 Å². The van der Waals surface area contributed by atoms with Gasteiger partial charge in [-0.2, -0.15) is 5.10 Å². The molecule has 0 spiro atoms. The summed E-state index contributed by atoms with van der Waals surface area (Å²) < 4.78 is 1.92. The predicted molar refractivity (Wildman–Crippen MR) is 73.0 cm³/mol. The summed E-state index contributed by atoms with van der Waals surface area (Å²) >= 11 is 0. The SMILES string of the molecule is Cc1nn(CCNC(=O)c2ccccn2)c(C)c1C. The topological polar surface area (TPSA) is 59.8 Å². The summed E-state index contributed by atoms with van der Waals surface area (Å²) in [4.78, 5) is 15.8. The minimum absolute atomic E-state index is 0.154. The number of pyridine rings is 1. The summed E-state index contributed by atoms with van der Waals surface area (Å²) in [7, 11) is 0. The Labute approximate surface area is 112 Å². The molecule has 0 aromatic carbocycles. The minimum Gasteiger partial charge on any atom is -0.349 e. The molecule has 0 aliphatic rings. The van der Waals surface area contributed by atoms with Gasteiger partial charge in [0.1, 0.15) is 5.69 Å². The molecule has 0 aliphatic heterocycles. The third-order valence-corrected chi connectivity index (χ3v) is 3.25. The van der Waals surface area contributed by atoms with Gasteiger partial charge in [-0.15, -0.1) is 0 Å². The number of hydrogen-bond donors (Lipinski definition) is 1. The second kappa shape index (κ2) is 5.65. The normalized spacial score (nSPS) is 10.5. The van der Waals surface area contributed by atoms with E-state index in [1.807, 2.05) is 18.5 Å². The monoisotopic (exact) mass is 258 g/mol. The maximum absolute atomic E-state index is 11.8. The van der Waals surface area contributed by atoms with Crippen molar-refractivity contribution in [3.8, 4) is 0 Å². The molecule has 0 bridgehead atoms. The number of aryl methyl sites for hydroxylation is 1. The Morgan fingerprint density at radius 3 is 2.68 bits per heavy atom. The summed E-state index contributed by atoms with van der Waals surface area (Å²) in [5, 5.41) is 7.27. The zero-order valence-corrected chi connectivity index (χ0v) is 11.5. The van der Waals surface area contributed by atoms with Gasteiger partial charge in [0, 0.05) is 18.4 Å². The van der Waals surface area contributed by atoms with Crippen molar-refractivity contribution in [1.29, 1.82) is 0 Å². The zero-order valence-electron chi connectivity index (χ0n) is 11.5. The smallest absolute Gasteiger partial charge is 0.269 e. The third-order valence-electron chi connectivity index (χ3n) is 3.25. The van der Waals surface area contributed by atoms with Crippen molar-refractivity contribution in [3.63, 3.8) is 0 Å². The van der Waals surface area contributed by atoms with Crippen LogP contribution in [0.1, 0.15) is 27.4 Å². The van der Waals surface area contributed by atoms with E-state index in [-0.39, 0.29) is 5.91 Å². The van der Waals surface area contributed by atoms with Crippen molar-refractivity contribution in [1.82, 2.24) is 20.1 Å². The fraction of sp³-hybridized carbons (Fsp3) is 0.357. The molecule has 0 saturated heterocycles. The van der Waals surface area contributed by atoms with Gasteiger partial charge >= 0.3 is 0 Å². The van der Waals surface area contributed by atoms with Crippen LogP contribution in [0.15, 0.2) is 24.4 Å². The number of carbonyl (C=O) groups is 1. The lowest BCUT2D eigenvalue weighted by molar-refractivity contribution is 0.0947. The van der Waals surface area contributed by atoms with Gasteiger partial charge < -0.3 is 5.32 Å². The average Bonchev–Trinajstić information content (AvgIpc) is 2.67. The number of carbonyl (C=O) groups excluding carboxylic acids is 1. The lowest BCUT2D eigenvalue weighted by atomic mass is 10.2. The van der Waals surface area contributed by atoms with E-state index in [0.717, 1.165) is 11.4 Å². The molecule has 0 aliphatic carbocycles. The number of rotatable bonds is 4. The maximum Gasteiger partial charge on any atom is 0.269 e. The van der Waals surface area contributed by atoms with Gasteiger partial charge in [0.05, 0.1) is 12.2 Å². The number of nitrogens with one attached hydrogen (secondary N) is 1. The van der Waals surface area contributed by atoms with Crippen molar-refractivity contribution >= 4 is 5.91 Å². The van der Waals surface area contributed by atoms with Crippen molar-refractivity contribution in [2.75, 3.05) is 6.54 Å². The molecule has 5 nitrogen and oxygen atoms in total. The summed E-state index contributed by atoms with van der Waals surface area (Å²) in [6.07, 6.45) is 1.61. The molecule has 0 unspecified atom stereocenters. The van der Waals surface area contributed by atoms with Crippen LogP contribution in [0.25, 0.3) is 0 Å². The highest BCUT2D eigenvalue weighted by atomic mass is 16.1. The van der Waals surface area contributed by atoms with E-state index in [9.17, 15) is 4.79 Å². The minimum atomic E-state index is -0.154. The molecule has 0 radical (unpaired) electrons. The van der Waals surface area contributed by atoms with Crippen molar-refractivity contribution in [2.45, 2.75) is 27.3 Å². The van der Waals surface area contributed by atoms with Gasteiger partial charge in [-0.25, -0.2) is 0 Å². The lowest BCUT2D eigenvalue weighted by Crippen LogP contribution is -2.28. The van der Waals surface area contributed by atoms with Crippen LogP contribution >= 0.6 is 0 Å². The summed E-state index contributed by atoms with van der Waals surface area (Å²) in [5.74, 6) is -0.154. The van der Waals surface area contributed by atoms with Crippen LogP contribution in [0.2, 0.25) is 0 Å². The Bertz CT molecular complexity index is 575. The molecule has 0 saturated carbocycles. The van der Waals surface area contributed by atoms with Gasteiger partial charge in [-0.05, 0) is 38.5 Å². The average molecular weight is 258 g/mol. The van der Waals surface area contributed by atoms with Crippen LogP contribution in [0.4, 0.5) is 0 Å². The fourth-order valence-electron chi connectivity index (χ4n) is 1.87. The highest BCUT2D eigenvalue weighted by molar-refractivity contribution is 5.92. The van der Waals surface area contributed by atoms with Crippen LogP contribution in [0.5, 0.6) is 0 Å². The van der Waals surface area contributed by atoms with Crippen LogP contribution < -0.4 is 5.32 Å². The summed E-state index contributed by atoms with van der Waals surface area (Å²) in [6, 6.07) is 5.28. The first kappa shape index (κ1) is 13.3. The van der Waals surface area contributed by atoms with Crippen LogP contribution in [-0.2, 0) is 6.54 Å². The second-order valence-electron chi connectivity index (χ2n) is 4.49. The first-order valence-electron chi connectivity index (χ1n) is 6.29. The van der Waals surface area contributed by atoms with E-state index >= 15 is 0 Å². The Morgan fingerprint density at radius 2 is 2.11 bits per heavy atom. The van der Waals surface area contributed by atoms with Gasteiger partial charge in [0.2, 0.25) is 0 Å². The van der Waals surface area contributed by atoms with Crippen molar-refractivity contribution < 1.29 is 4.79 Å². The third kappa shape index (κ3) is 2.99. The number of aromatic nitrogens is 3. The molecule has 2 rings (SSSR count). The summed E-state index contributed by atoms with van der Waals surface area (Å²) in [5.41, 5.74) is 3.82. The molecule has 0 fully saturated rings. The molecule has 2 heterocycles. The largest absolute Gasteiger partial charge is 0.349 e. The van der Waals surface area contributed by atoms with E-state index in [1.165, 1.54) is 5.56 Å². The van der Waals surface area contributed by atoms with E-state index < -0.39 is 0 Å². The van der Waals surface area contributed by atoms with E-state index in [1.54, 1.807) is 24.4 Å². The van der Waals surface area contributed by atoms with Gasteiger partial charge in [-0.3, -0.25) is 14.5 Å². The van der Waals surface area contributed by atoms with E-state index in [2.05, 4.69) is 22.3 Å². The van der Waals surface area contributed by atoms with Crippen LogP contribution in [-0.4, -0.2) is 27.2 Å². The van der Waals surface area contributed by atoms with Gasteiger partial charge in [0.25, 0.3) is 5.91 Å². The Balaban J connectivity index is 1.90. The lowest BCUT2D eigenvalue weighted by Gasteiger charge is -2.06. The first-order valence-corrected chi connectivity index (χ1v) is 6.29.